The Morgan fingerprint density at radius 2 is 1.95 bits per heavy atom. The second-order valence-electron chi connectivity index (χ2n) is 4.75. The summed E-state index contributed by atoms with van der Waals surface area (Å²) in [4.78, 5) is 10.1. The van der Waals surface area contributed by atoms with Crippen LogP contribution < -0.4 is 10.5 Å². The third-order valence-corrected chi connectivity index (χ3v) is 3.08. The third kappa shape index (κ3) is 3.17. The quantitative estimate of drug-likeness (QED) is 0.685. The number of aryl methyl sites for hydroxylation is 1. The van der Waals surface area contributed by atoms with E-state index in [1.807, 2.05) is 6.07 Å². The lowest BCUT2D eigenvalue weighted by Gasteiger charge is -2.14. The molecule has 0 saturated carbocycles. The number of benzene rings is 2. The minimum absolute atomic E-state index is 0.0637. The van der Waals surface area contributed by atoms with Crippen LogP contribution in [0.1, 0.15) is 24.1 Å². The molecule has 0 fully saturated rings. The van der Waals surface area contributed by atoms with E-state index in [0.717, 1.165) is 11.6 Å². The fourth-order valence-electron chi connectivity index (χ4n) is 1.99. The monoisotopic (exact) mass is 290 g/mol. The summed E-state index contributed by atoms with van der Waals surface area (Å²) in [5, 5.41) is 10.8. The van der Waals surface area contributed by atoms with Crippen molar-refractivity contribution in [3.63, 3.8) is 0 Å². The first-order chi connectivity index (χ1) is 9.90. The molecule has 0 aliphatic heterocycles. The topological polar surface area (TPSA) is 78.4 Å². The van der Waals surface area contributed by atoms with Gasteiger partial charge >= 0.3 is 0 Å². The number of nitrogens with two attached hydrogens (primary N) is 1. The lowest BCUT2D eigenvalue weighted by atomic mass is 10.1. The Kier molecular flexibility index (Phi) is 4.18. The van der Waals surface area contributed by atoms with Crippen LogP contribution in [0.5, 0.6) is 11.5 Å². The molecule has 0 radical (unpaired) electrons. The lowest BCUT2D eigenvalue weighted by Crippen LogP contribution is -2.06. The summed E-state index contributed by atoms with van der Waals surface area (Å²) < 4.78 is 19.5. The Labute approximate surface area is 121 Å². The molecular formula is C15H15FN2O3. The van der Waals surface area contributed by atoms with Crippen LogP contribution in [-0.4, -0.2) is 4.92 Å². The lowest BCUT2D eigenvalue weighted by molar-refractivity contribution is -0.385. The van der Waals surface area contributed by atoms with Gasteiger partial charge in [-0.3, -0.25) is 10.1 Å². The standard InChI is InChI=1S/C15H15FN2O3/c1-9-7-15(12(16)8-13(9)18(19)20)21-14-6-4-3-5-11(14)10(2)17/h3-8,10H,17H2,1-2H3/t10-/m1/s1. The van der Waals surface area contributed by atoms with Gasteiger partial charge in [-0.25, -0.2) is 4.39 Å². The van der Waals surface area contributed by atoms with Crippen LogP contribution in [-0.2, 0) is 0 Å². The van der Waals surface area contributed by atoms with Gasteiger partial charge in [-0.2, -0.15) is 0 Å². The highest BCUT2D eigenvalue weighted by molar-refractivity contribution is 5.47. The van der Waals surface area contributed by atoms with Crippen molar-refractivity contribution >= 4 is 5.69 Å². The molecule has 2 rings (SSSR count). The van der Waals surface area contributed by atoms with Gasteiger partial charge in [0.1, 0.15) is 5.75 Å². The molecule has 0 aliphatic rings. The van der Waals surface area contributed by atoms with Crippen molar-refractivity contribution in [2.75, 3.05) is 0 Å². The van der Waals surface area contributed by atoms with Gasteiger partial charge in [0.15, 0.2) is 11.6 Å². The Morgan fingerprint density at radius 3 is 2.57 bits per heavy atom. The first-order valence-electron chi connectivity index (χ1n) is 6.37. The van der Waals surface area contributed by atoms with E-state index in [2.05, 4.69) is 0 Å². The van der Waals surface area contributed by atoms with Gasteiger partial charge in [0.05, 0.1) is 11.0 Å². The van der Waals surface area contributed by atoms with Crippen molar-refractivity contribution in [2.45, 2.75) is 19.9 Å². The van der Waals surface area contributed by atoms with Crippen molar-refractivity contribution in [2.24, 2.45) is 5.73 Å². The molecule has 0 saturated heterocycles. The number of nitrogens with zero attached hydrogens (tertiary/aromatic N) is 1. The van der Waals surface area contributed by atoms with E-state index >= 15 is 0 Å². The number of rotatable bonds is 4. The first-order valence-corrected chi connectivity index (χ1v) is 6.37. The molecule has 110 valence electrons. The summed E-state index contributed by atoms with van der Waals surface area (Å²) in [5.74, 6) is -0.419. The minimum atomic E-state index is -0.785. The van der Waals surface area contributed by atoms with Crippen molar-refractivity contribution in [3.8, 4) is 11.5 Å². The number of hydrogen-bond donors (Lipinski definition) is 1. The van der Waals surface area contributed by atoms with Gasteiger partial charge in [0.2, 0.25) is 0 Å². The zero-order valence-electron chi connectivity index (χ0n) is 11.7. The van der Waals surface area contributed by atoms with E-state index in [0.29, 0.717) is 11.3 Å². The highest BCUT2D eigenvalue weighted by atomic mass is 19.1. The molecule has 0 aromatic heterocycles. The van der Waals surface area contributed by atoms with E-state index in [-0.39, 0.29) is 17.5 Å². The molecule has 21 heavy (non-hydrogen) atoms. The summed E-state index contributed by atoms with van der Waals surface area (Å²) in [7, 11) is 0. The van der Waals surface area contributed by atoms with Gasteiger partial charge < -0.3 is 10.5 Å². The average Bonchev–Trinajstić information content (AvgIpc) is 2.42. The average molecular weight is 290 g/mol. The summed E-state index contributed by atoms with van der Waals surface area (Å²) in [6.07, 6.45) is 0. The molecule has 0 spiro atoms. The Balaban J connectivity index is 2.41. The molecule has 0 aliphatic carbocycles. The molecule has 0 amide bonds. The summed E-state index contributed by atoms with van der Waals surface area (Å²) in [6.45, 7) is 3.32. The van der Waals surface area contributed by atoms with Gasteiger partial charge in [-0.05, 0) is 26.0 Å². The molecule has 5 nitrogen and oxygen atoms in total. The highest BCUT2D eigenvalue weighted by Crippen LogP contribution is 2.33. The second-order valence-corrected chi connectivity index (χ2v) is 4.75. The van der Waals surface area contributed by atoms with E-state index in [1.165, 1.54) is 13.0 Å². The molecular weight excluding hydrogens is 275 g/mol. The number of nitro groups is 1. The summed E-state index contributed by atoms with van der Waals surface area (Å²) in [6, 6.07) is 8.92. The van der Waals surface area contributed by atoms with E-state index in [4.69, 9.17) is 10.5 Å². The molecule has 0 unspecified atom stereocenters. The maximum Gasteiger partial charge on any atom is 0.275 e. The first kappa shape index (κ1) is 14.9. The van der Waals surface area contributed by atoms with Crippen molar-refractivity contribution < 1.29 is 14.1 Å². The number of para-hydroxylation sites is 1. The largest absolute Gasteiger partial charge is 0.454 e. The minimum Gasteiger partial charge on any atom is -0.454 e. The fourth-order valence-corrected chi connectivity index (χ4v) is 1.99. The van der Waals surface area contributed by atoms with Gasteiger partial charge in [-0.1, -0.05) is 18.2 Å². The smallest absolute Gasteiger partial charge is 0.275 e. The van der Waals surface area contributed by atoms with Crippen LogP contribution in [0.3, 0.4) is 0 Å². The SMILES string of the molecule is Cc1cc(Oc2ccccc2[C@@H](C)N)c(F)cc1[N+](=O)[O-]. The van der Waals surface area contributed by atoms with Crippen LogP contribution in [0.4, 0.5) is 10.1 Å². The number of hydrogen-bond acceptors (Lipinski definition) is 4. The Bertz CT molecular complexity index is 687. The van der Waals surface area contributed by atoms with Crippen LogP contribution in [0, 0.1) is 22.9 Å². The molecule has 0 heterocycles. The molecule has 1 atom stereocenters. The number of halogens is 1. The summed E-state index contributed by atoms with van der Waals surface area (Å²) >= 11 is 0. The van der Waals surface area contributed by atoms with E-state index in [1.54, 1.807) is 25.1 Å². The third-order valence-electron chi connectivity index (χ3n) is 3.08. The van der Waals surface area contributed by atoms with Crippen molar-refractivity contribution in [1.29, 1.82) is 0 Å². The zero-order chi connectivity index (χ0) is 15.6. The van der Waals surface area contributed by atoms with Gasteiger partial charge in [-0.15, -0.1) is 0 Å². The number of ether oxygens (including phenoxy) is 1. The van der Waals surface area contributed by atoms with Gasteiger partial charge in [0.25, 0.3) is 5.69 Å². The normalized spacial score (nSPS) is 12.0. The van der Waals surface area contributed by atoms with Crippen LogP contribution in [0.2, 0.25) is 0 Å². The zero-order valence-corrected chi connectivity index (χ0v) is 11.7. The van der Waals surface area contributed by atoms with E-state index in [9.17, 15) is 14.5 Å². The van der Waals surface area contributed by atoms with Crippen molar-refractivity contribution in [3.05, 3.63) is 63.5 Å². The number of nitro benzene ring substituents is 1. The maximum absolute atomic E-state index is 13.9. The highest BCUT2D eigenvalue weighted by Gasteiger charge is 2.18. The molecule has 2 aromatic carbocycles. The van der Waals surface area contributed by atoms with Crippen LogP contribution in [0.15, 0.2) is 36.4 Å². The predicted octanol–water partition coefficient (Wildman–Crippen LogP) is 3.85. The molecule has 6 heteroatoms. The Hall–Kier alpha value is -2.47. The second kappa shape index (κ2) is 5.88. The molecule has 2 N–H and O–H groups in total. The van der Waals surface area contributed by atoms with Crippen molar-refractivity contribution in [1.82, 2.24) is 0 Å². The predicted molar refractivity (Wildman–Crippen MR) is 76.9 cm³/mol. The van der Waals surface area contributed by atoms with Crippen LogP contribution in [0.25, 0.3) is 0 Å². The van der Waals surface area contributed by atoms with Gasteiger partial charge in [0, 0.05) is 17.2 Å². The van der Waals surface area contributed by atoms with E-state index < -0.39 is 10.7 Å². The Morgan fingerprint density at radius 1 is 1.29 bits per heavy atom. The maximum atomic E-state index is 13.9. The summed E-state index contributed by atoms with van der Waals surface area (Å²) in [5.41, 5.74) is 6.62. The molecule has 2 aromatic rings. The molecule has 0 bridgehead atoms. The fraction of sp³-hybridized carbons (Fsp3) is 0.200. The van der Waals surface area contributed by atoms with Crippen LogP contribution >= 0.6 is 0 Å².